The van der Waals surface area contributed by atoms with E-state index < -0.39 is 5.97 Å². The molecule has 1 aliphatic rings. The van der Waals surface area contributed by atoms with E-state index in [1.165, 1.54) is 12.1 Å². The Bertz CT molecular complexity index is 689. The normalized spacial score (nSPS) is 14.2. The van der Waals surface area contributed by atoms with Gasteiger partial charge < -0.3 is 5.11 Å². The standard InChI is InChI=1S/C16H19N3O2/c1-10(2)13-7-11(16(20)21)8-15(18-13)19-9-17-12-5-3-4-6-14(12)19/h7-10H,3-6H2,1-2H3,(H,20,21). The summed E-state index contributed by atoms with van der Waals surface area (Å²) in [7, 11) is 0. The van der Waals surface area contributed by atoms with Gasteiger partial charge in [0.15, 0.2) is 0 Å². The summed E-state index contributed by atoms with van der Waals surface area (Å²) in [4.78, 5) is 20.4. The fraction of sp³-hybridized carbons (Fsp3) is 0.438. The molecule has 0 saturated heterocycles. The number of hydrogen-bond donors (Lipinski definition) is 1. The van der Waals surface area contributed by atoms with Gasteiger partial charge in [-0.05, 0) is 43.7 Å². The van der Waals surface area contributed by atoms with E-state index in [0.717, 1.165) is 30.7 Å². The summed E-state index contributed by atoms with van der Waals surface area (Å²) in [5, 5.41) is 9.30. The van der Waals surface area contributed by atoms with Crippen LogP contribution in [0.4, 0.5) is 0 Å². The maximum Gasteiger partial charge on any atom is 0.335 e. The topological polar surface area (TPSA) is 68.0 Å². The van der Waals surface area contributed by atoms with Crippen LogP contribution in [0.3, 0.4) is 0 Å². The molecule has 0 unspecified atom stereocenters. The minimum Gasteiger partial charge on any atom is -0.478 e. The molecule has 0 saturated carbocycles. The lowest BCUT2D eigenvalue weighted by Crippen LogP contribution is -2.10. The van der Waals surface area contributed by atoms with E-state index in [2.05, 4.69) is 9.97 Å². The lowest BCUT2D eigenvalue weighted by atomic mass is 10.0. The second-order valence-electron chi connectivity index (χ2n) is 5.81. The number of hydrogen-bond acceptors (Lipinski definition) is 3. The van der Waals surface area contributed by atoms with Gasteiger partial charge >= 0.3 is 5.97 Å². The number of imidazole rings is 1. The molecule has 0 fully saturated rings. The van der Waals surface area contributed by atoms with E-state index in [9.17, 15) is 9.90 Å². The highest BCUT2D eigenvalue weighted by molar-refractivity contribution is 5.88. The Morgan fingerprint density at radius 2 is 2.05 bits per heavy atom. The number of aromatic carboxylic acids is 1. The Balaban J connectivity index is 2.13. The molecule has 5 heteroatoms. The SMILES string of the molecule is CC(C)c1cc(C(=O)O)cc(-n2cnc3c2CCCC3)n1. The number of rotatable bonds is 3. The predicted molar refractivity (Wildman–Crippen MR) is 79.0 cm³/mol. The van der Waals surface area contributed by atoms with Crippen molar-refractivity contribution in [1.82, 2.24) is 14.5 Å². The van der Waals surface area contributed by atoms with Crippen LogP contribution in [-0.4, -0.2) is 25.6 Å². The zero-order chi connectivity index (χ0) is 15.0. The number of carboxylic acid groups (broad SMARTS) is 1. The molecular weight excluding hydrogens is 266 g/mol. The van der Waals surface area contributed by atoms with Gasteiger partial charge in [-0.1, -0.05) is 13.8 Å². The van der Waals surface area contributed by atoms with Gasteiger partial charge in [0.25, 0.3) is 0 Å². The lowest BCUT2D eigenvalue weighted by molar-refractivity contribution is 0.0696. The van der Waals surface area contributed by atoms with Crippen LogP contribution in [0.1, 0.15) is 60.0 Å². The van der Waals surface area contributed by atoms with Crippen molar-refractivity contribution in [3.05, 3.63) is 41.1 Å². The van der Waals surface area contributed by atoms with Crippen LogP contribution in [-0.2, 0) is 12.8 Å². The van der Waals surface area contributed by atoms with Gasteiger partial charge in [0.05, 0.1) is 11.3 Å². The summed E-state index contributed by atoms with van der Waals surface area (Å²) in [6, 6.07) is 3.28. The molecule has 21 heavy (non-hydrogen) atoms. The molecule has 0 amide bonds. The molecule has 110 valence electrons. The molecule has 1 N–H and O–H groups in total. The maximum absolute atomic E-state index is 11.3. The van der Waals surface area contributed by atoms with Crippen molar-refractivity contribution in [2.45, 2.75) is 45.4 Å². The van der Waals surface area contributed by atoms with E-state index >= 15 is 0 Å². The quantitative estimate of drug-likeness (QED) is 0.941. The highest BCUT2D eigenvalue weighted by atomic mass is 16.4. The second kappa shape index (κ2) is 5.31. The molecule has 0 bridgehead atoms. The van der Waals surface area contributed by atoms with Gasteiger partial charge in [-0.15, -0.1) is 0 Å². The first-order valence-corrected chi connectivity index (χ1v) is 7.37. The molecule has 2 heterocycles. The summed E-state index contributed by atoms with van der Waals surface area (Å²) in [6.07, 6.45) is 6.07. The van der Waals surface area contributed by atoms with E-state index in [0.29, 0.717) is 5.82 Å². The Labute approximate surface area is 123 Å². The monoisotopic (exact) mass is 285 g/mol. The van der Waals surface area contributed by atoms with Crippen LogP contribution in [0.2, 0.25) is 0 Å². The number of pyridine rings is 1. The third-order valence-electron chi connectivity index (χ3n) is 3.95. The molecule has 0 aromatic carbocycles. The fourth-order valence-corrected chi connectivity index (χ4v) is 2.75. The second-order valence-corrected chi connectivity index (χ2v) is 5.81. The molecule has 0 atom stereocenters. The van der Waals surface area contributed by atoms with Crippen LogP contribution < -0.4 is 0 Å². The number of carboxylic acids is 1. The molecule has 2 aromatic heterocycles. The first kappa shape index (κ1) is 13.8. The number of aromatic nitrogens is 3. The smallest absolute Gasteiger partial charge is 0.335 e. The van der Waals surface area contributed by atoms with Crippen LogP contribution in [0.25, 0.3) is 5.82 Å². The summed E-state index contributed by atoms with van der Waals surface area (Å²) in [5.74, 6) is -0.0776. The van der Waals surface area contributed by atoms with E-state index in [-0.39, 0.29) is 11.5 Å². The Kier molecular flexibility index (Phi) is 3.49. The minimum absolute atomic E-state index is 0.183. The van der Waals surface area contributed by atoms with Gasteiger partial charge in [-0.2, -0.15) is 0 Å². The van der Waals surface area contributed by atoms with Gasteiger partial charge in [0, 0.05) is 11.4 Å². The number of aryl methyl sites for hydroxylation is 1. The average molecular weight is 285 g/mol. The first-order chi connectivity index (χ1) is 10.1. The first-order valence-electron chi connectivity index (χ1n) is 7.37. The average Bonchev–Trinajstić information content (AvgIpc) is 2.90. The third-order valence-corrected chi connectivity index (χ3v) is 3.95. The number of carbonyl (C=O) groups is 1. The number of fused-ring (bicyclic) bond motifs is 1. The predicted octanol–water partition coefficient (Wildman–Crippen LogP) is 2.97. The van der Waals surface area contributed by atoms with Gasteiger partial charge in [-0.25, -0.2) is 14.8 Å². The van der Waals surface area contributed by atoms with E-state index in [1.54, 1.807) is 18.5 Å². The Morgan fingerprint density at radius 3 is 2.76 bits per heavy atom. The van der Waals surface area contributed by atoms with E-state index in [4.69, 9.17) is 0 Å². The number of nitrogens with zero attached hydrogens (tertiary/aromatic N) is 3. The molecule has 3 rings (SSSR count). The van der Waals surface area contributed by atoms with E-state index in [1.807, 2.05) is 18.4 Å². The van der Waals surface area contributed by atoms with Crippen LogP contribution in [0.5, 0.6) is 0 Å². The lowest BCUT2D eigenvalue weighted by Gasteiger charge is -2.15. The van der Waals surface area contributed by atoms with Crippen molar-refractivity contribution in [1.29, 1.82) is 0 Å². The molecule has 2 aromatic rings. The largest absolute Gasteiger partial charge is 0.478 e. The van der Waals surface area contributed by atoms with Crippen LogP contribution in [0, 0.1) is 0 Å². The summed E-state index contributed by atoms with van der Waals surface area (Å²) in [6.45, 7) is 4.03. The van der Waals surface area contributed by atoms with Gasteiger partial charge in [-0.3, -0.25) is 4.57 Å². The highest BCUT2D eigenvalue weighted by Crippen LogP contribution is 2.24. The zero-order valence-electron chi connectivity index (χ0n) is 12.3. The van der Waals surface area contributed by atoms with Crippen molar-refractivity contribution < 1.29 is 9.90 Å². The molecule has 0 aliphatic heterocycles. The summed E-state index contributed by atoms with van der Waals surface area (Å²) in [5.41, 5.74) is 3.37. The Hall–Kier alpha value is -2.17. The van der Waals surface area contributed by atoms with Gasteiger partial charge in [0.2, 0.25) is 0 Å². The Morgan fingerprint density at radius 1 is 1.29 bits per heavy atom. The third kappa shape index (κ3) is 2.55. The highest BCUT2D eigenvalue weighted by Gasteiger charge is 2.18. The molecule has 0 radical (unpaired) electrons. The maximum atomic E-state index is 11.3. The van der Waals surface area contributed by atoms with Crippen molar-refractivity contribution in [3.63, 3.8) is 0 Å². The summed E-state index contributed by atoms with van der Waals surface area (Å²) < 4.78 is 1.95. The van der Waals surface area contributed by atoms with Crippen molar-refractivity contribution in [2.75, 3.05) is 0 Å². The van der Waals surface area contributed by atoms with Crippen LogP contribution >= 0.6 is 0 Å². The van der Waals surface area contributed by atoms with Crippen molar-refractivity contribution in [3.8, 4) is 5.82 Å². The van der Waals surface area contributed by atoms with Gasteiger partial charge in [0.1, 0.15) is 12.1 Å². The van der Waals surface area contributed by atoms with Crippen molar-refractivity contribution in [2.24, 2.45) is 0 Å². The van der Waals surface area contributed by atoms with Crippen molar-refractivity contribution >= 4 is 5.97 Å². The molecular formula is C16H19N3O2. The zero-order valence-corrected chi connectivity index (χ0v) is 12.3. The molecule has 1 aliphatic carbocycles. The molecule has 5 nitrogen and oxygen atoms in total. The minimum atomic E-state index is -0.922. The fourth-order valence-electron chi connectivity index (χ4n) is 2.75. The molecule has 0 spiro atoms. The summed E-state index contributed by atoms with van der Waals surface area (Å²) >= 11 is 0. The van der Waals surface area contributed by atoms with Crippen LogP contribution in [0.15, 0.2) is 18.5 Å².